The second kappa shape index (κ2) is 7.27. The highest BCUT2D eigenvalue weighted by Crippen LogP contribution is 2.57. The van der Waals surface area contributed by atoms with Crippen molar-refractivity contribution in [2.24, 2.45) is 23.7 Å². The number of esters is 2. The summed E-state index contributed by atoms with van der Waals surface area (Å²) < 4.78 is 12.0. The third-order valence-corrected chi connectivity index (χ3v) is 7.27. The van der Waals surface area contributed by atoms with E-state index in [2.05, 4.69) is 38.1 Å². The van der Waals surface area contributed by atoms with Gasteiger partial charge in [-0.3, -0.25) is 9.59 Å². The fourth-order valence-corrected chi connectivity index (χ4v) is 5.57. The van der Waals surface area contributed by atoms with Gasteiger partial charge >= 0.3 is 11.9 Å². The van der Waals surface area contributed by atoms with Crippen LogP contribution in [0.4, 0.5) is 0 Å². The van der Waals surface area contributed by atoms with Gasteiger partial charge in [-0.1, -0.05) is 30.3 Å². The second-order valence-electron chi connectivity index (χ2n) is 8.43. The van der Waals surface area contributed by atoms with E-state index in [1.165, 1.54) is 5.56 Å². The van der Waals surface area contributed by atoms with E-state index in [1.807, 2.05) is 6.07 Å². The highest BCUT2D eigenvalue weighted by Gasteiger charge is 2.64. The van der Waals surface area contributed by atoms with Crippen LogP contribution in [0.25, 0.3) is 0 Å². The quantitative estimate of drug-likeness (QED) is 0.520. The Morgan fingerprint density at radius 3 is 2.63 bits per heavy atom. The molecular weight excluding hydrogens is 342 g/mol. The Labute approximate surface area is 161 Å². The molecule has 3 aliphatic rings. The van der Waals surface area contributed by atoms with Crippen LogP contribution in [0.3, 0.4) is 0 Å². The van der Waals surface area contributed by atoms with Gasteiger partial charge in [-0.15, -0.1) is 0 Å². The summed E-state index contributed by atoms with van der Waals surface area (Å²) in [5.41, 5.74) is 1.31. The van der Waals surface area contributed by atoms with Crippen LogP contribution in [-0.2, 0) is 25.6 Å². The number of hydrogen-bond acceptors (Lipinski definition) is 4. The fourth-order valence-electron chi connectivity index (χ4n) is 5.57. The van der Waals surface area contributed by atoms with E-state index in [-0.39, 0.29) is 41.7 Å². The first-order valence-corrected chi connectivity index (χ1v) is 10.3. The molecule has 5 heteroatoms. The summed E-state index contributed by atoms with van der Waals surface area (Å²) in [5.74, 6) is -0.370. The molecular formula is C22H30NO4+. The lowest BCUT2D eigenvalue weighted by atomic mass is 9.80. The molecule has 0 radical (unpaired) electrons. The van der Waals surface area contributed by atoms with E-state index in [4.69, 9.17) is 9.47 Å². The van der Waals surface area contributed by atoms with Crippen LogP contribution in [0.15, 0.2) is 30.3 Å². The molecule has 1 saturated heterocycles. The molecule has 1 aromatic rings. The molecule has 2 bridgehead atoms. The minimum Gasteiger partial charge on any atom is -0.462 e. The first-order chi connectivity index (χ1) is 13.1. The van der Waals surface area contributed by atoms with Crippen molar-refractivity contribution in [2.45, 2.75) is 39.3 Å². The number of fused-ring (bicyclic) bond motifs is 1. The number of likely N-dealkylation sites (N-methyl/N-ethyl adjacent to an activating group) is 1. The molecule has 1 aliphatic heterocycles. The van der Waals surface area contributed by atoms with Crippen molar-refractivity contribution in [3.63, 3.8) is 0 Å². The second-order valence-corrected chi connectivity index (χ2v) is 8.43. The van der Waals surface area contributed by atoms with Crippen molar-refractivity contribution in [1.82, 2.24) is 0 Å². The number of ether oxygens (including phenoxy) is 2. The molecule has 5 atom stereocenters. The standard InChI is InChI=1S/C22H30NO4/c1-3-23(4-2,14-15-8-6-5-7-9-15)10-11-26-21(24)19-16-12-17-18(13-16)27-22(25)20(17)19/h5-9,16-20H,3-4,10-14H2,1-2H3/q+1. The van der Waals surface area contributed by atoms with Crippen LogP contribution in [0.5, 0.6) is 0 Å². The maximum absolute atomic E-state index is 12.8. The number of hydrogen-bond donors (Lipinski definition) is 0. The third kappa shape index (κ3) is 3.27. The highest BCUT2D eigenvalue weighted by atomic mass is 16.6. The van der Waals surface area contributed by atoms with Gasteiger partial charge < -0.3 is 14.0 Å². The Hall–Kier alpha value is -1.88. The summed E-state index contributed by atoms with van der Waals surface area (Å²) in [7, 11) is 0. The number of carbonyl (C=O) groups excluding carboxylic acids is 2. The molecule has 146 valence electrons. The Morgan fingerprint density at radius 1 is 1.19 bits per heavy atom. The van der Waals surface area contributed by atoms with E-state index >= 15 is 0 Å². The summed E-state index contributed by atoms with van der Waals surface area (Å²) in [4.78, 5) is 24.9. The van der Waals surface area contributed by atoms with E-state index in [0.29, 0.717) is 6.61 Å². The molecule has 5 nitrogen and oxygen atoms in total. The van der Waals surface area contributed by atoms with E-state index in [0.717, 1.165) is 43.5 Å². The van der Waals surface area contributed by atoms with Crippen LogP contribution < -0.4 is 0 Å². The molecule has 4 rings (SSSR count). The van der Waals surface area contributed by atoms with Crippen molar-refractivity contribution in [2.75, 3.05) is 26.2 Å². The van der Waals surface area contributed by atoms with Crippen LogP contribution in [-0.4, -0.2) is 48.8 Å². The Morgan fingerprint density at radius 2 is 1.93 bits per heavy atom. The average Bonchev–Trinajstić information content (AvgIpc) is 3.30. The average molecular weight is 372 g/mol. The monoisotopic (exact) mass is 372 g/mol. The lowest BCUT2D eigenvalue weighted by molar-refractivity contribution is -0.937. The van der Waals surface area contributed by atoms with Crippen LogP contribution in [0, 0.1) is 23.7 Å². The zero-order valence-electron chi connectivity index (χ0n) is 16.3. The minimum atomic E-state index is -0.277. The predicted octanol–water partition coefficient (Wildman–Crippen LogP) is 2.78. The highest BCUT2D eigenvalue weighted by molar-refractivity contribution is 5.85. The molecule has 2 saturated carbocycles. The van der Waals surface area contributed by atoms with Gasteiger partial charge in [0.2, 0.25) is 0 Å². The largest absolute Gasteiger partial charge is 0.462 e. The van der Waals surface area contributed by atoms with Gasteiger partial charge in [0.05, 0.1) is 24.9 Å². The first kappa shape index (κ1) is 18.5. The topological polar surface area (TPSA) is 52.6 Å². The first-order valence-electron chi connectivity index (χ1n) is 10.3. The summed E-state index contributed by atoms with van der Waals surface area (Å²) in [5, 5.41) is 0. The third-order valence-electron chi connectivity index (χ3n) is 7.27. The van der Waals surface area contributed by atoms with E-state index in [1.54, 1.807) is 0 Å². The zero-order valence-corrected chi connectivity index (χ0v) is 16.3. The Kier molecular flexibility index (Phi) is 4.97. The minimum absolute atomic E-state index is 0.0620. The van der Waals surface area contributed by atoms with Crippen molar-refractivity contribution in [3.8, 4) is 0 Å². The molecule has 0 spiro atoms. The number of nitrogens with zero attached hydrogens (tertiary/aromatic N) is 1. The van der Waals surface area contributed by atoms with Crippen molar-refractivity contribution in [1.29, 1.82) is 0 Å². The predicted molar refractivity (Wildman–Crippen MR) is 100 cm³/mol. The molecule has 0 amide bonds. The van der Waals surface area contributed by atoms with Gasteiger partial charge in [0.25, 0.3) is 0 Å². The van der Waals surface area contributed by atoms with Gasteiger partial charge in [-0.25, -0.2) is 0 Å². The van der Waals surface area contributed by atoms with Crippen molar-refractivity contribution in [3.05, 3.63) is 35.9 Å². The van der Waals surface area contributed by atoms with E-state index < -0.39 is 0 Å². The number of rotatable bonds is 8. The molecule has 5 unspecified atom stereocenters. The maximum atomic E-state index is 12.8. The summed E-state index contributed by atoms with van der Waals surface area (Å²) in [6, 6.07) is 10.5. The van der Waals surface area contributed by atoms with Crippen LogP contribution >= 0.6 is 0 Å². The lowest BCUT2D eigenvalue weighted by Crippen LogP contribution is -2.49. The molecule has 1 heterocycles. The molecule has 0 N–H and O–H groups in total. The van der Waals surface area contributed by atoms with Gasteiger partial charge in [-0.05, 0) is 32.6 Å². The number of carbonyl (C=O) groups is 2. The zero-order chi connectivity index (χ0) is 19.0. The van der Waals surface area contributed by atoms with Gasteiger partial charge in [0.15, 0.2) is 0 Å². The Balaban J connectivity index is 1.35. The van der Waals surface area contributed by atoms with Crippen molar-refractivity contribution >= 4 is 11.9 Å². The summed E-state index contributed by atoms with van der Waals surface area (Å²) in [6.45, 7) is 8.52. The summed E-state index contributed by atoms with van der Waals surface area (Å²) in [6.07, 6.45) is 1.84. The van der Waals surface area contributed by atoms with Gasteiger partial charge in [0, 0.05) is 11.5 Å². The molecule has 1 aromatic carbocycles. The van der Waals surface area contributed by atoms with Crippen LogP contribution in [0.1, 0.15) is 32.3 Å². The number of benzene rings is 1. The molecule has 27 heavy (non-hydrogen) atoms. The number of quaternary nitrogens is 1. The van der Waals surface area contributed by atoms with Crippen molar-refractivity contribution < 1.29 is 23.5 Å². The van der Waals surface area contributed by atoms with Gasteiger partial charge in [-0.2, -0.15) is 0 Å². The SMILES string of the molecule is CC[N+](CC)(CCOC(=O)C1C2CC3OC(=O)C1C3C2)Cc1ccccc1. The van der Waals surface area contributed by atoms with Crippen LogP contribution in [0.2, 0.25) is 0 Å². The summed E-state index contributed by atoms with van der Waals surface area (Å²) >= 11 is 0. The smallest absolute Gasteiger partial charge is 0.310 e. The normalized spacial score (nSPS) is 31.2. The lowest BCUT2D eigenvalue weighted by Gasteiger charge is -2.37. The Bertz CT molecular complexity index is 698. The van der Waals surface area contributed by atoms with E-state index in [9.17, 15) is 9.59 Å². The van der Waals surface area contributed by atoms with Gasteiger partial charge in [0.1, 0.15) is 25.8 Å². The molecule has 3 fully saturated rings. The molecule has 0 aromatic heterocycles. The maximum Gasteiger partial charge on any atom is 0.310 e. The fraction of sp³-hybridized carbons (Fsp3) is 0.636. The molecule has 2 aliphatic carbocycles.